The Bertz CT molecular complexity index is 544. The monoisotopic (exact) mass is 345 g/mol. The second-order valence-electron chi connectivity index (χ2n) is 7.88. The summed E-state index contributed by atoms with van der Waals surface area (Å²) in [6.45, 7) is 2.71. The summed E-state index contributed by atoms with van der Waals surface area (Å²) in [5.74, 6) is 2.17. The first-order valence-electron chi connectivity index (χ1n) is 9.57. The lowest BCUT2D eigenvalue weighted by atomic mass is 9.86. The van der Waals surface area contributed by atoms with Gasteiger partial charge in [0.15, 0.2) is 0 Å². The summed E-state index contributed by atoms with van der Waals surface area (Å²) >= 11 is 0. The number of rotatable bonds is 6. The fourth-order valence-electron chi connectivity index (χ4n) is 4.27. The second-order valence-corrected chi connectivity index (χ2v) is 7.88. The largest absolute Gasteiger partial charge is 0.354 e. The number of carbonyl (C=O) groups excluding carboxylic acids is 1. The molecule has 25 heavy (non-hydrogen) atoms. The van der Waals surface area contributed by atoms with Gasteiger partial charge in [0, 0.05) is 38.2 Å². The first-order valence-corrected chi connectivity index (χ1v) is 9.57. The lowest BCUT2D eigenvalue weighted by Crippen LogP contribution is -2.44. The lowest BCUT2D eigenvalue weighted by molar-refractivity contribution is -0.123. The van der Waals surface area contributed by atoms with Gasteiger partial charge >= 0.3 is 0 Å². The molecule has 1 N–H and O–H groups in total. The van der Waals surface area contributed by atoms with Crippen LogP contribution in [0.3, 0.4) is 0 Å². The summed E-state index contributed by atoms with van der Waals surface area (Å²) in [6, 6.07) is 2.13. The van der Waals surface area contributed by atoms with Crippen LogP contribution in [0.4, 0.5) is 5.82 Å². The van der Waals surface area contributed by atoms with E-state index in [0.29, 0.717) is 18.3 Å². The van der Waals surface area contributed by atoms with E-state index in [4.69, 9.17) is 0 Å². The molecule has 1 aromatic rings. The molecule has 1 amide bonds. The van der Waals surface area contributed by atoms with Crippen LogP contribution in [0.1, 0.15) is 38.5 Å². The van der Waals surface area contributed by atoms with Crippen molar-refractivity contribution >= 4 is 11.7 Å². The molecule has 1 saturated carbocycles. The normalized spacial score (nSPS) is 24.7. The highest BCUT2D eigenvalue weighted by atomic mass is 16.1. The topological polar surface area (TPSA) is 61.4 Å². The Morgan fingerprint density at radius 3 is 2.76 bits per heavy atom. The molecule has 0 bridgehead atoms. The van der Waals surface area contributed by atoms with Crippen LogP contribution in [-0.2, 0) is 4.79 Å². The first kappa shape index (κ1) is 18.1. The van der Waals surface area contributed by atoms with Gasteiger partial charge in [-0.2, -0.15) is 0 Å². The Hall–Kier alpha value is -1.69. The molecule has 6 nitrogen and oxygen atoms in total. The molecule has 0 radical (unpaired) electrons. The zero-order valence-corrected chi connectivity index (χ0v) is 15.5. The Morgan fingerprint density at radius 2 is 2.08 bits per heavy atom. The maximum atomic E-state index is 12.6. The van der Waals surface area contributed by atoms with Gasteiger partial charge in [0.1, 0.15) is 12.1 Å². The van der Waals surface area contributed by atoms with Gasteiger partial charge in [0.25, 0.3) is 0 Å². The second kappa shape index (κ2) is 8.61. The molecule has 0 aromatic carbocycles. The number of hydrogen-bond acceptors (Lipinski definition) is 5. The molecule has 3 rings (SSSR count). The maximum absolute atomic E-state index is 12.6. The summed E-state index contributed by atoms with van der Waals surface area (Å²) < 4.78 is 0. The molecule has 1 saturated heterocycles. The van der Waals surface area contributed by atoms with Gasteiger partial charge in [-0.25, -0.2) is 9.97 Å². The molecule has 138 valence electrons. The quantitative estimate of drug-likeness (QED) is 0.854. The number of nitrogens with one attached hydrogen (secondary N) is 1. The molecular weight excluding hydrogens is 314 g/mol. The van der Waals surface area contributed by atoms with Crippen molar-refractivity contribution in [3.8, 4) is 0 Å². The van der Waals surface area contributed by atoms with E-state index in [0.717, 1.165) is 25.5 Å². The minimum absolute atomic E-state index is 0.188. The Balaban J connectivity index is 1.59. The third-order valence-corrected chi connectivity index (χ3v) is 5.48. The number of hydrogen-bond donors (Lipinski definition) is 1. The number of aromatic nitrogens is 2. The van der Waals surface area contributed by atoms with Crippen LogP contribution < -0.4 is 10.2 Å². The zero-order chi connectivity index (χ0) is 17.6. The molecular formula is C19H31N5O. The highest BCUT2D eigenvalue weighted by molar-refractivity contribution is 5.76. The van der Waals surface area contributed by atoms with E-state index < -0.39 is 0 Å². The van der Waals surface area contributed by atoms with Crippen molar-refractivity contribution in [1.29, 1.82) is 0 Å². The maximum Gasteiger partial charge on any atom is 0.220 e. The van der Waals surface area contributed by atoms with Crippen molar-refractivity contribution in [2.24, 2.45) is 11.8 Å². The molecule has 0 spiro atoms. The molecule has 0 unspecified atom stereocenters. The van der Waals surface area contributed by atoms with Gasteiger partial charge < -0.3 is 15.1 Å². The van der Waals surface area contributed by atoms with E-state index in [9.17, 15) is 4.79 Å². The molecule has 2 fully saturated rings. The number of anilines is 1. The third kappa shape index (κ3) is 5.14. The van der Waals surface area contributed by atoms with Crippen LogP contribution in [0.5, 0.6) is 0 Å². The SMILES string of the molecule is CN(C)C[C@@H]1CN(c2ccncn2)C[C@H]1NC(=O)CC1CCCCC1. The summed E-state index contributed by atoms with van der Waals surface area (Å²) in [5.41, 5.74) is 0. The highest BCUT2D eigenvalue weighted by Gasteiger charge is 2.35. The van der Waals surface area contributed by atoms with Crippen LogP contribution in [0, 0.1) is 11.8 Å². The minimum Gasteiger partial charge on any atom is -0.354 e. The van der Waals surface area contributed by atoms with Crippen molar-refractivity contribution in [2.75, 3.05) is 38.6 Å². The molecule has 1 aliphatic heterocycles. The molecule has 1 aliphatic carbocycles. The van der Waals surface area contributed by atoms with Crippen molar-refractivity contribution in [2.45, 2.75) is 44.6 Å². The van der Waals surface area contributed by atoms with Crippen LogP contribution in [0.15, 0.2) is 18.6 Å². The molecule has 2 heterocycles. The van der Waals surface area contributed by atoms with Gasteiger partial charge in [0.2, 0.25) is 5.91 Å². The van der Waals surface area contributed by atoms with Gasteiger partial charge in [0.05, 0.1) is 6.04 Å². The smallest absolute Gasteiger partial charge is 0.220 e. The molecule has 2 atom stereocenters. The minimum atomic E-state index is 0.188. The van der Waals surface area contributed by atoms with Crippen LogP contribution in [0.25, 0.3) is 0 Å². The van der Waals surface area contributed by atoms with E-state index in [1.54, 1.807) is 12.5 Å². The van der Waals surface area contributed by atoms with Crippen LogP contribution >= 0.6 is 0 Å². The van der Waals surface area contributed by atoms with Crippen molar-refractivity contribution in [3.05, 3.63) is 18.6 Å². The highest BCUT2D eigenvalue weighted by Crippen LogP contribution is 2.27. The first-order chi connectivity index (χ1) is 12.1. The average Bonchev–Trinajstić information content (AvgIpc) is 2.98. The molecule has 1 aromatic heterocycles. The van der Waals surface area contributed by atoms with Crippen molar-refractivity contribution < 1.29 is 4.79 Å². The van der Waals surface area contributed by atoms with Crippen molar-refractivity contribution in [3.63, 3.8) is 0 Å². The summed E-state index contributed by atoms with van der Waals surface area (Å²) in [7, 11) is 4.18. The molecule has 6 heteroatoms. The lowest BCUT2D eigenvalue weighted by Gasteiger charge is -2.25. The Labute approximate surface area is 151 Å². The van der Waals surface area contributed by atoms with Gasteiger partial charge in [-0.3, -0.25) is 4.79 Å². The van der Waals surface area contributed by atoms with Gasteiger partial charge in [-0.05, 0) is 38.9 Å². The summed E-state index contributed by atoms with van der Waals surface area (Å²) in [4.78, 5) is 25.4. The van der Waals surface area contributed by atoms with Crippen molar-refractivity contribution in [1.82, 2.24) is 20.2 Å². The molecule has 2 aliphatic rings. The van der Waals surface area contributed by atoms with Crippen LogP contribution in [-0.4, -0.2) is 60.5 Å². The van der Waals surface area contributed by atoms with Gasteiger partial charge in [-0.1, -0.05) is 19.3 Å². The third-order valence-electron chi connectivity index (χ3n) is 5.48. The average molecular weight is 345 g/mol. The number of nitrogens with zero attached hydrogens (tertiary/aromatic N) is 4. The Morgan fingerprint density at radius 1 is 1.28 bits per heavy atom. The van der Waals surface area contributed by atoms with E-state index >= 15 is 0 Å². The van der Waals surface area contributed by atoms with Crippen LogP contribution in [0.2, 0.25) is 0 Å². The predicted molar refractivity (Wildman–Crippen MR) is 99.4 cm³/mol. The Kier molecular flexibility index (Phi) is 6.24. The summed E-state index contributed by atoms with van der Waals surface area (Å²) in [6.07, 6.45) is 10.4. The van der Waals surface area contributed by atoms with E-state index in [1.165, 1.54) is 32.1 Å². The van der Waals surface area contributed by atoms with Gasteiger partial charge in [-0.15, -0.1) is 0 Å². The predicted octanol–water partition coefficient (Wildman–Crippen LogP) is 1.93. The summed E-state index contributed by atoms with van der Waals surface area (Å²) in [5, 5.41) is 3.33. The number of carbonyl (C=O) groups is 1. The van der Waals surface area contributed by atoms with E-state index in [1.807, 2.05) is 6.07 Å². The van der Waals surface area contributed by atoms with E-state index in [2.05, 4.69) is 39.2 Å². The fourth-order valence-corrected chi connectivity index (χ4v) is 4.27. The zero-order valence-electron chi connectivity index (χ0n) is 15.5. The standard InChI is InChI=1S/C19H31N5O/c1-23(2)11-16-12-24(18-8-9-20-14-21-18)13-17(16)22-19(25)10-15-6-4-3-5-7-15/h8-9,14-17H,3-7,10-13H2,1-2H3,(H,22,25)/t16-,17-/m1/s1. The number of amides is 1. The fraction of sp³-hybridized carbons (Fsp3) is 0.737. The van der Waals surface area contributed by atoms with E-state index in [-0.39, 0.29) is 11.9 Å².